The van der Waals surface area contributed by atoms with Gasteiger partial charge in [0.2, 0.25) is 5.95 Å². The van der Waals surface area contributed by atoms with Gasteiger partial charge in [0, 0.05) is 58.4 Å². The molecule has 1 amide bonds. The van der Waals surface area contributed by atoms with Gasteiger partial charge in [0.1, 0.15) is 5.60 Å². The maximum Gasteiger partial charge on any atom is 0.410 e. The van der Waals surface area contributed by atoms with Crippen LogP contribution in [0.2, 0.25) is 0 Å². The van der Waals surface area contributed by atoms with Crippen molar-refractivity contribution in [1.82, 2.24) is 14.9 Å². The third kappa shape index (κ3) is 4.78. The molecule has 0 N–H and O–H groups in total. The number of aromatic nitrogens is 2. The average molecular weight is 338 g/mol. The van der Waals surface area contributed by atoms with Gasteiger partial charge >= 0.3 is 6.09 Å². The van der Waals surface area contributed by atoms with Gasteiger partial charge in [-0.1, -0.05) is 0 Å². The molecule has 0 unspecified atom stereocenters. The van der Waals surface area contributed by atoms with Gasteiger partial charge < -0.3 is 24.0 Å². The van der Waals surface area contributed by atoms with Crippen molar-refractivity contribution < 1.29 is 19.0 Å². The Labute approximate surface area is 142 Å². The number of methoxy groups -OCH3 is 2. The number of nitrogens with zero attached hydrogens (tertiary/aromatic N) is 4. The van der Waals surface area contributed by atoms with Gasteiger partial charge in [-0.15, -0.1) is 0 Å². The third-order valence-electron chi connectivity index (χ3n) is 3.57. The fourth-order valence-corrected chi connectivity index (χ4v) is 2.40. The van der Waals surface area contributed by atoms with Crippen LogP contribution in [0, 0.1) is 0 Å². The van der Waals surface area contributed by atoms with E-state index < -0.39 is 11.9 Å². The average Bonchev–Trinajstić information content (AvgIpc) is 2.55. The minimum atomic E-state index is -0.480. The van der Waals surface area contributed by atoms with Crippen molar-refractivity contribution in [1.29, 1.82) is 0 Å². The highest BCUT2D eigenvalue weighted by Gasteiger charge is 2.26. The molecule has 1 aliphatic rings. The summed E-state index contributed by atoms with van der Waals surface area (Å²) in [6, 6.07) is 0. The van der Waals surface area contributed by atoms with Crippen LogP contribution < -0.4 is 4.90 Å². The highest BCUT2D eigenvalue weighted by molar-refractivity contribution is 5.68. The Morgan fingerprint density at radius 1 is 1.08 bits per heavy atom. The number of rotatable bonds is 4. The number of anilines is 1. The molecule has 8 nitrogen and oxygen atoms in total. The molecule has 0 aromatic carbocycles. The zero-order valence-corrected chi connectivity index (χ0v) is 15.0. The molecule has 0 radical (unpaired) electrons. The van der Waals surface area contributed by atoms with Crippen molar-refractivity contribution in [3.05, 3.63) is 18.0 Å². The van der Waals surface area contributed by atoms with E-state index in [9.17, 15) is 4.79 Å². The molecular formula is C16H26N4O4. The highest BCUT2D eigenvalue weighted by atomic mass is 16.7. The lowest BCUT2D eigenvalue weighted by Crippen LogP contribution is -2.50. The summed E-state index contributed by atoms with van der Waals surface area (Å²) in [4.78, 5) is 24.6. The van der Waals surface area contributed by atoms with E-state index in [1.807, 2.05) is 25.7 Å². The van der Waals surface area contributed by atoms with Gasteiger partial charge in [-0.25, -0.2) is 14.8 Å². The molecule has 2 rings (SSSR count). The Morgan fingerprint density at radius 3 is 2.08 bits per heavy atom. The first-order chi connectivity index (χ1) is 11.3. The second-order valence-corrected chi connectivity index (χ2v) is 6.57. The van der Waals surface area contributed by atoms with Gasteiger partial charge in [-0.05, 0) is 20.8 Å². The van der Waals surface area contributed by atoms with E-state index in [1.54, 1.807) is 31.5 Å². The van der Waals surface area contributed by atoms with Crippen molar-refractivity contribution in [3.63, 3.8) is 0 Å². The third-order valence-corrected chi connectivity index (χ3v) is 3.57. The Bertz CT molecular complexity index is 532. The first-order valence-electron chi connectivity index (χ1n) is 7.94. The van der Waals surface area contributed by atoms with E-state index in [0.717, 1.165) is 5.56 Å². The van der Waals surface area contributed by atoms with Crippen LogP contribution >= 0.6 is 0 Å². The molecule has 0 spiro atoms. The van der Waals surface area contributed by atoms with Gasteiger partial charge in [0.05, 0.1) is 0 Å². The Hall–Kier alpha value is -1.93. The van der Waals surface area contributed by atoms with Crippen molar-refractivity contribution in [3.8, 4) is 0 Å². The summed E-state index contributed by atoms with van der Waals surface area (Å²) in [6.45, 7) is 8.09. The van der Waals surface area contributed by atoms with Gasteiger partial charge in [0.25, 0.3) is 0 Å². The number of hydrogen-bond acceptors (Lipinski definition) is 7. The van der Waals surface area contributed by atoms with Crippen LogP contribution in [0.1, 0.15) is 32.6 Å². The molecular weight excluding hydrogens is 312 g/mol. The molecule has 1 aromatic rings. The second-order valence-electron chi connectivity index (χ2n) is 6.57. The summed E-state index contributed by atoms with van der Waals surface area (Å²) in [5, 5.41) is 0. The van der Waals surface area contributed by atoms with Gasteiger partial charge in [0.15, 0.2) is 6.29 Å². The fraction of sp³-hybridized carbons (Fsp3) is 0.688. The zero-order valence-electron chi connectivity index (χ0n) is 15.0. The van der Waals surface area contributed by atoms with Crippen LogP contribution in [-0.2, 0) is 14.2 Å². The molecule has 0 saturated carbocycles. The van der Waals surface area contributed by atoms with E-state index in [-0.39, 0.29) is 6.09 Å². The molecule has 0 bridgehead atoms. The molecule has 134 valence electrons. The van der Waals surface area contributed by atoms with E-state index in [1.165, 1.54) is 0 Å². The maximum atomic E-state index is 12.1. The maximum absolute atomic E-state index is 12.1. The zero-order chi connectivity index (χ0) is 17.7. The fourth-order valence-electron chi connectivity index (χ4n) is 2.40. The molecule has 1 saturated heterocycles. The molecule has 8 heteroatoms. The van der Waals surface area contributed by atoms with Crippen molar-refractivity contribution in [2.24, 2.45) is 0 Å². The summed E-state index contributed by atoms with van der Waals surface area (Å²) < 4.78 is 15.7. The molecule has 24 heavy (non-hydrogen) atoms. The van der Waals surface area contributed by atoms with E-state index in [4.69, 9.17) is 14.2 Å². The summed E-state index contributed by atoms with van der Waals surface area (Å²) >= 11 is 0. The number of amides is 1. The normalized spacial score (nSPS) is 15.8. The largest absolute Gasteiger partial charge is 0.444 e. The van der Waals surface area contributed by atoms with Crippen LogP contribution in [0.25, 0.3) is 0 Å². The molecule has 1 aromatic heterocycles. The van der Waals surface area contributed by atoms with Gasteiger partial charge in [-0.3, -0.25) is 0 Å². The molecule has 2 heterocycles. The Balaban J connectivity index is 1.91. The number of ether oxygens (including phenoxy) is 3. The summed E-state index contributed by atoms with van der Waals surface area (Å²) in [6.07, 6.45) is 2.64. The van der Waals surface area contributed by atoms with E-state index in [0.29, 0.717) is 32.1 Å². The predicted molar refractivity (Wildman–Crippen MR) is 88.8 cm³/mol. The first-order valence-corrected chi connectivity index (χ1v) is 7.94. The quantitative estimate of drug-likeness (QED) is 0.775. The SMILES string of the molecule is COC(OC)c1cnc(N2CCN(C(=O)OC(C)(C)C)CC2)nc1. The molecule has 1 fully saturated rings. The highest BCUT2D eigenvalue weighted by Crippen LogP contribution is 2.18. The van der Waals surface area contributed by atoms with Crippen LogP contribution in [0.3, 0.4) is 0 Å². The van der Waals surface area contributed by atoms with E-state index in [2.05, 4.69) is 9.97 Å². The number of carbonyl (C=O) groups is 1. The van der Waals surface area contributed by atoms with Crippen molar-refractivity contribution >= 4 is 12.0 Å². The first kappa shape index (κ1) is 18.4. The number of hydrogen-bond donors (Lipinski definition) is 0. The van der Waals surface area contributed by atoms with Crippen LogP contribution in [-0.4, -0.2) is 67.0 Å². The topological polar surface area (TPSA) is 77.0 Å². The monoisotopic (exact) mass is 338 g/mol. The second kappa shape index (κ2) is 7.76. The summed E-state index contributed by atoms with van der Waals surface area (Å²) in [5.74, 6) is 0.633. The smallest absolute Gasteiger partial charge is 0.410 e. The lowest BCUT2D eigenvalue weighted by atomic mass is 10.2. The van der Waals surface area contributed by atoms with Crippen LogP contribution in [0.5, 0.6) is 0 Å². The van der Waals surface area contributed by atoms with Crippen molar-refractivity contribution in [2.45, 2.75) is 32.7 Å². The number of carbonyl (C=O) groups excluding carboxylic acids is 1. The molecule has 0 aliphatic carbocycles. The standard InChI is InChI=1S/C16H26N4O4/c1-16(2,3)24-15(21)20-8-6-19(7-9-20)14-17-10-12(11-18-14)13(22-4)23-5/h10-11,13H,6-9H2,1-5H3. The van der Waals surface area contributed by atoms with Crippen LogP contribution in [0.15, 0.2) is 12.4 Å². The summed E-state index contributed by atoms with van der Waals surface area (Å²) in [7, 11) is 3.13. The van der Waals surface area contributed by atoms with E-state index >= 15 is 0 Å². The Kier molecular flexibility index (Phi) is 5.95. The minimum Gasteiger partial charge on any atom is -0.444 e. The van der Waals surface area contributed by atoms with Crippen LogP contribution in [0.4, 0.5) is 10.7 Å². The molecule has 0 atom stereocenters. The predicted octanol–water partition coefficient (Wildman–Crippen LogP) is 1.83. The number of piperazine rings is 1. The lowest BCUT2D eigenvalue weighted by Gasteiger charge is -2.35. The van der Waals surface area contributed by atoms with Gasteiger partial charge in [-0.2, -0.15) is 0 Å². The lowest BCUT2D eigenvalue weighted by molar-refractivity contribution is -0.106. The Morgan fingerprint density at radius 2 is 1.62 bits per heavy atom. The van der Waals surface area contributed by atoms with Crippen molar-refractivity contribution in [2.75, 3.05) is 45.3 Å². The molecule has 1 aliphatic heterocycles. The minimum absolute atomic E-state index is 0.276. The summed E-state index contributed by atoms with van der Waals surface area (Å²) in [5.41, 5.74) is 0.281.